The van der Waals surface area contributed by atoms with Crippen LogP contribution in [-0.2, 0) is 0 Å². The molecular formula is C19H17N5O2S. The van der Waals surface area contributed by atoms with Gasteiger partial charge in [0.1, 0.15) is 5.69 Å². The largest absolute Gasteiger partial charge is 0.322 e. The maximum Gasteiger partial charge on any atom is 0.296 e. The number of hydrogen-bond donors (Lipinski definition) is 2. The summed E-state index contributed by atoms with van der Waals surface area (Å²) in [4.78, 5) is 24.4. The van der Waals surface area contributed by atoms with Crippen molar-refractivity contribution in [1.29, 1.82) is 0 Å². The SMILES string of the molecule is Cc1ccc(C(=O)Nc2cccc(/C=N/n3c(=S)[nH]nc(C)c3=O)c2)cc1. The first kappa shape index (κ1) is 18.4. The minimum absolute atomic E-state index is 0.102. The molecule has 3 rings (SSSR count). The Morgan fingerprint density at radius 1 is 1.22 bits per heavy atom. The summed E-state index contributed by atoms with van der Waals surface area (Å²) >= 11 is 5.03. The molecule has 0 radical (unpaired) electrons. The van der Waals surface area contributed by atoms with Crippen molar-refractivity contribution in [2.45, 2.75) is 13.8 Å². The first-order valence-corrected chi connectivity index (χ1v) is 8.55. The quantitative estimate of drug-likeness (QED) is 0.538. The summed E-state index contributed by atoms with van der Waals surface area (Å²) in [5, 5.41) is 13.3. The third kappa shape index (κ3) is 4.42. The molecule has 1 heterocycles. The molecule has 0 saturated heterocycles. The van der Waals surface area contributed by atoms with Crippen LogP contribution in [0.1, 0.15) is 27.2 Å². The Bertz CT molecular complexity index is 1130. The van der Waals surface area contributed by atoms with Gasteiger partial charge in [0.15, 0.2) is 0 Å². The molecule has 0 saturated carbocycles. The lowest BCUT2D eigenvalue weighted by molar-refractivity contribution is 0.102. The molecule has 1 aromatic heterocycles. The van der Waals surface area contributed by atoms with Crippen LogP contribution in [0.25, 0.3) is 0 Å². The van der Waals surface area contributed by atoms with E-state index in [1.54, 1.807) is 43.3 Å². The van der Waals surface area contributed by atoms with Crippen LogP contribution in [0.3, 0.4) is 0 Å². The van der Waals surface area contributed by atoms with Crippen LogP contribution in [0.5, 0.6) is 0 Å². The van der Waals surface area contributed by atoms with Gasteiger partial charge in [-0.1, -0.05) is 29.8 Å². The highest BCUT2D eigenvalue weighted by Crippen LogP contribution is 2.12. The summed E-state index contributed by atoms with van der Waals surface area (Å²) in [6.07, 6.45) is 1.49. The average molecular weight is 379 g/mol. The van der Waals surface area contributed by atoms with Crippen LogP contribution < -0.4 is 10.9 Å². The predicted octanol–water partition coefficient (Wildman–Crippen LogP) is 3.05. The highest BCUT2D eigenvalue weighted by atomic mass is 32.1. The van der Waals surface area contributed by atoms with E-state index in [1.807, 2.05) is 19.1 Å². The molecule has 0 unspecified atom stereocenters. The van der Waals surface area contributed by atoms with Crippen molar-refractivity contribution in [2.24, 2.45) is 5.10 Å². The smallest absolute Gasteiger partial charge is 0.296 e. The van der Waals surface area contributed by atoms with E-state index in [0.717, 1.165) is 10.2 Å². The zero-order valence-corrected chi connectivity index (χ0v) is 15.6. The maximum absolute atomic E-state index is 12.3. The predicted molar refractivity (Wildman–Crippen MR) is 107 cm³/mol. The third-order valence-corrected chi connectivity index (χ3v) is 4.06. The van der Waals surface area contributed by atoms with Gasteiger partial charge in [-0.05, 0) is 55.9 Å². The number of carbonyl (C=O) groups is 1. The lowest BCUT2D eigenvalue weighted by Gasteiger charge is -2.06. The average Bonchev–Trinajstić information content (AvgIpc) is 2.66. The van der Waals surface area contributed by atoms with E-state index in [2.05, 4.69) is 20.6 Å². The van der Waals surface area contributed by atoms with Gasteiger partial charge in [0.2, 0.25) is 4.77 Å². The van der Waals surface area contributed by atoms with Crippen LogP contribution in [0.4, 0.5) is 5.69 Å². The van der Waals surface area contributed by atoms with E-state index in [0.29, 0.717) is 16.8 Å². The van der Waals surface area contributed by atoms with Gasteiger partial charge in [0.05, 0.1) is 6.21 Å². The first-order chi connectivity index (χ1) is 12.9. The Kier molecular flexibility index (Phi) is 5.37. The van der Waals surface area contributed by atoms with E-state index in [9.17, 15) is 9.59 Å². The number of aromatic nitrogens is 3. The molecule has 2 aromatic carbocycles. The number of H-pyrrole nitrogens is 1. The topological polar surface area (TPSA) is 92.1 Å². The summed E-state index contributed by atoms with van der Waals surface area (Å²) in [6, 6.07) is 14.4. The number of aryl methyl sites for hydroxylation is 2. The number of amides is 1. The fraction of sp³-hybridized carbons (Fsp3) is 0.105. The van der Waals surface area contributed by atoms with Gasteiger partial charge in [-0.25, -0.2) is 0 Å². The highest BCUT2D eigenvalue weighted by molar-refractivity contribution is 7.71. The minimum atomic E-state index is -0.390. The standard InChI is InChI=1S/C19H17N5O2S/c1-12-6-8-15(9-7-12)17(25)21-16-5-3-4-14(10-16)11-20-24-18(26)13(2)22-23-19(24)27/h3-11H,1-2H3,(H,21,25)(H,23,27)/b20-11+. The Morgan fingerprint density at radius 3 is 2.70 bits per heavy atom. The zero-order chi connectivity index (χ0) is 19.4. The highest BCUT2D eigenvalue weighted by Gasteiger charge is 2.06. The number of rotatable bonds is 4. The number of carbonyl (C=O) groups excluding carboxylic acids is 1. The first-order valence-electron chi connectivity index (χ1n) is 8.15. The van der Waals surface area contributed by atoms with Gasteiger partial charge in [0, 0.05) is 11.3 Å². The Labute approximate surface area is 160 Å². The van der Waals surface area contributed by atoms with E-state index < -0.39 is 0 Å². The maximum atomic E-state index is 12.3. The number of aromatic amines is 1. The number of hydrogen-bond acceptors (Lipinski definition) is 5. The molecule has 0 aliphatic rings. The molecule has 3 aromatic rings. The number of nitrogens with one attached hydrogen (secondary N) is 2. The van der Waals surface area contributed by atoms with Crippen molar-refractivity contribution in [3.63, 3.8) is 0 Å². The van der Waals surface area contributed by atoms with Gasteiger partial charge in [-0.2, -0.15) is 14.9 Å². The van der Waals surface area contributed by atoms with Crippen LogP contribution in [0, 0.1) is 18.6 Å². The summed E-state index contributed by atoms with van der Waals surface area (Å²) < 4.78 is 1.17. The monoisotopic (exact) mass is 379 g/mol. The molecule has 7 nitrogen and oxygen atoms in total. The molecule has 1 amide bonds. The Balaban J connectivity index is 1.81. The second kappa shape index (κ2) is 7.88. The van der Waals surface area contributed by atoms with Gasteiger partial charge in [-0.15, -0.1) is 0 Å². The van der Waals surface area contributed by atoms with E-state index >= 15 is 0 Å². The normalized spacial score (nSPS) is 10.9. The van der Waals surface area contributed by atoms with Gasteiger partial charge < -0.3 is 5.32 Å². The van der Waals surface area contributed by atoms with Crippen molar-refractivity contribution < 1.29 is 4.79 Å². The van der Waals surface area contributed by atoms with E-state index in [1.165, 1.54) is 6.21 Å². The van der Waals surface area contributed by atoms with E-state index in [4.69, 9.17) is 12.2 Å². The molecular weight excluding hydrogens is 362 g/mol. The lowest BCUT2D eigenvalue weighted by Crippen LogP contribution is -2.22. The van der Waals surface area contributed by atoms with Crippen LogP contribution in [0.2, 0.25) is 0 Å². The Morgan fingerprint density at radius 2 is 1.96 bits per heavy atom. The molecule has 27 heavy (non-hydrogen) atoms. The molecule has 0 aliphatic carbocycles. The zero-order valence-electron chi connectivity index (χ0n) is 14.8. The third-order valence-electron chi connectivity index (χ3n) is 3.79. The molecule has 8 heteroatoms. The summed E-state index contributed by atoms with van der Waals surface area (Å²) in [5.74, 6) is -0.201. The van der Waals surface area contributed by atoms with Crippen molar-refractivity contribution in [1.82, 2.24) is 14.9 Å². The molecule has 136 valence electrons. The second-order valence-corrected chi connectivity index (χ2v) is 6.31. The minimum Gasteiger partial charge on any atom is -0.322 e. The Hall–Kier alpha value is -3.39. The number of nitrogens with zero attached hydrogens (tertiary/aromatic N) is 3. The molecule has 2 N–H and O–H groups in total. The fourth-order valence-electron chi connectivity index (χ4n) is 2.31. The lowest BCUT2D eigenvalue weighted by atomic mass is 10.1. The molecule has 0 bridgehead atoms. The fourth-order valence-corrected chi connectivity index (χ4v) is 2.48. The summed E-state index contributed by atoms with van der Waals surface area (Å²) in [5.41, 5.74) is 2.86. The number of anilines is 1. The molecule has 0 spiro atoms. The van der Waals surface area contributed by atoms with Crippen LogP contribution in [-0.4, -0.2) is 27.0 Å². The molecule has 0 aliphatic heterocycles. The second-order valence-electron chi connectivity index (χ2n) is 5.92. The van der Waals surface area contributed by atoms with Crippen molar-refractivity contribution in [3.05, 3.63) is 86.0 Å². The molecule has 0 atom stereocenters. The van der Waals surface area contributed by atoms with Gasteiger partial charge in [-0.3, -0.25) is 14.7 Å². The molecule has 0 fully saturated rings. The van der Waals surface area contributed by atoms with Crippen molar-refractivity contribution in [2.75, 3.05) is 5.32 Å². The van der Waals surface area contributed by atoms with Crippen LogP contribution >= 0.6 is 12.2 Å². The van der Waals surface area contributed by atoms with Crippen molar-refractivity contribution >= 4 is 30.0 Å². The summed E-state index contributed by atoms with van der Waals surface area (Å²) in [7, 11) is 0. The van der Waals surface area contributed by atoms with Gasteiger partial charge in [0.25, 0.3) is 11.5 Å². The van der Waals surface area contributed by atoms with Crippen LogP contribution in [0.15, 0.2) is 58.4 Å². The van der Waals surface area contributed by atoms with E-state index in [-0.39, 0.29) is 21.9 Å². The summed E-state index contributed by atoms with van der Waals surface area (Å²) in [6.45, 7) is 3.53. The van der Waals surface area contributed by atoms with Crippen molar-refractivity contribution in [3.8, 4) is 0 Å². The number of benzene rings is 2. The van der Waals surface area contributed by atoms with Gasteiger partial charge >= 0.3 is 0 Å².